The number of aromatic nitrogens is 1. The highest BCUT2D eigenvalue weighted by atomic mass is 16.4. The Morgan fingerprint density at radius 3 is 2.42 bits per heavy atom. The van der Waals surface area contributed by atoms with E-state index < -0.39 is 23.2 Å². The van der Waals surface area contributed by atoms with Crippen LogP contribution in [0.15, 0.2) is 23.1 Å². The highest BCUT2D eigenvalue weighted by molar-refractivity contribution is 5.99. The maximum absolute atomic E-state index is 12.0. The van der Waals surface area contributed by atoms with Crippen LogP contribution in [0.2, 0.25) is 0 Å². The number of carboxylic acids is 1. The first-order valence-corrected chi connectivity index (χ1v) is 5.95. The number of anilines is 1. The Morgan fingerprint density at radius 2 is 1.95 bits per heavy atom. The lowest BCUT2D eigenvalue weighted by molar-refractivity contribution is -0.140. The molecule has 0 aliphatic heterocycles. The summed E-state index contributed by atoms with van der Waals surface area (Å²) in [5.41, 5.74) is -0.219. The van der Waals surface area contributed by atoms with Crippen molar-refractivity contribution < 1.29 is 14.7 Å². The van der Waals surface area contributed by atoms with Crippen LogP contribution in [-0.4, -0.2) is 21.6 Å². The van der Waals surface area contributed by atoms with E-state index in [4.69, 9.17) is 5.11 Å². The highest BCUT2D eigenvalue weighted by Gasteiger charge is 2.65. The molecule has 2 rings (SSSR count). The topological polar surface area (TPSA) is 88.4 Å². The van der Waals surface area contributed by atoms with Crippen LogP contribution in [0, 0.1) is 17.3 Å². The minimum atomic E-state index is -0.953. The number of amides is 1. The van der Waals surface area contributed by atoms with Crippen molar-refractivity contribution in [2.75, 3.05) is 5.32 Å². The van der Waals surface area contributed by atoms with E-state index >= 15 is 0 Å². The average molecular weight is 264 g/mol. The van der Waals surface area contributed by atoms with Crippen LogP contribution in [-0.2, 0) is 16.6 Å². The first-order valence-electron chi connectivity index (χ1n) is 5.95. The van der Waals surface area contributed by atoms with Gasteiger partial charge in [0.25, 0.3) is 0 Å². The molecule has 1 saturated carbocycles. The van der Waals surface area contributed by atoms with Gasteiger partial charge in [0, 0.05) is 19.3 Å². The van der Waals surface area contributed by atoms with E-state index in [9.17, 15) is 14.4 Å². The molecule has 0 aromatic carbocycles. The van der Waals surface area contributed by atoms with Gasteiger partial charge >= 0.3 is 5.97 Å². The molecule has 1 heterocycles. The summed E-state index contributed by atoms with van der Waals surface area (Å²) in [7, 11) is 1.58. The first-order chi connectivity index (χ1) is 8.75. The van der Waals surface area contributed by atoms with Crippen LogP contribution in [0.3, 0.4) is 0 Å². The second kappa shape index (κ2) is 4.22. The van der Waals surface area contributed by atoms with Crippen molar-refractivity contribution in [3.8, 4) is 0 Å². The summed E-state index contributed by atoms with van der Waals surface area (Å²) in [6, 6.07) is 2.85. The number of hydrogen-bond donors (Lipinski definition) is 2. The number of rotatable bonds is 3. The predicted octanol–water partition coefficient (Wildman–Crippen LogP) is 0.681. The number of aryl methyl sites for hydroxylation is 1. The normalized spacial score (nSPS) is 23.7. The molecule has 2 N–H and O–H groups in total. The van der Waals surface area contributed by atoms with E-state index in [-0.39, 0.29) is 11.5 Å². The summed E-state index contributed by atoms with van der Waals surface area (Å²) in [5, 5.41) is 11.7. The Hall–Kier alpha value is -2.11. The van der Waals surface area contributed by atoms with Crippen molar-refractivity contribution in [2.45, 2.75) is 13.8 Å². The molecule has 1 amide bonds. The zero-order valence-corrected chi connectivity index (χ0v) is 11.0. The summed E-state index contributed by atoms with van der Waals surface area (Å²) in [5.74, 6) is -2.47. The van der Waals surface area contributed by atoms with Crippen LogP contribution < -0.4 is 10.9 Å². The van der Waals surface area contributed by atoms with Crippen LogP contribution >= 0.6 is 0 Å². The Balaban J connectivity index is 2.13. The zero-order valence-electron chi connectivity index (χ0n) is 11.0. The molecule has 1 aliphatic rings. The number of nitrogens with zero attached hydrogens (tertiary/aromatic N) is 1. The molecule has 19 heavy (non-hydrogen) atoms. The van der Waals surface area contributed by atoms with Crippen LogP contribution in [0.25, 0.3) is 0 Å². The zero-order chi connectivity index (χ0) is 14.4. The van der Waals surface area contributed by atoms with Crippen molar-refractivity contribution in [1.82, 2.24) is 4.57 Å². The number of carboxylic acid groups (broad SMARTS) is 1. The van der Waals surface area contributed by atoms with Gasteiger partial charge < -0.3 is 15.0 Å². The highest BCUT2D eigenvalue weighted by Crippen LogP contribution is 2.58. The van der Waals surface area contributed by atoms with Crippen LogP contribution in [0.5, 0.6) is 0 Å². The predicted molar refractivity (Wildman–Crippen MR) is 68.7 cm³/mol. The summed E-state index contributed by atoms with van der Waals surface area (Å²) in [6.45, 7) is 3.52. The molecule has 1 aromatic rings. The summed E-state index contributed by atoms with van der Waals surface area (Å²) >= 11 is 0. The largest absolute Gasteiger partial charge is 0.481 e. The molecular weight excluding hydrogens is 248 g/mol. The first kappa shape index (κ1) is 13.3. The Morgan fingerprint density at radius 1 is 1.32 bits per heavy atom. The SMILES string of the molecule is Cn1cc(NC(=O)[C@H]2[C@@H](C(=O)O)C2(C)C)ccc1=O. The quantitative estimate of drug-likeness (QED) is 0.840. The third kappa shape index (κ3) is 2.25. The molecule has 6 nitrogen and oxygen atoms in total. The minimum Gasteiger partial charge on any atom is -0.481 e. The van der Waals surface area contributed by atoms with Gasteiger partial charge in [-0.25, -0.2) is 0 Å². The molecule has 0 spiro atoms. The van der Waals surface area contributed by atoms with Gasteiger partial charge in [-0.3, -0.25) is 14.4 Å². The Kier molecular flexibility index (Phi) is 2.96. The van der Waals surface area contributed by atoms with Gasteiger partial charge in [0.1, 0.15) is 0 Å². The molecule has 2 atom stereocenters. The molecule has 0 unspecified atom stereocenters. The van der Waals surface area contributed by atoms with E-state index in [0.717, 1.165) is 0 Å². The summed E-state index contributed by atoms with van der Waals surface area (Å²) in [4.78, 5) is 34.3. The van der Waals surface area contributed by atoms with E-state index in [1.807, 2.05) is 0 Å². The summed E-state index contributed by atoms with van der Waals surface area (Å²) < 4.78 is 1.35. The molecule has 1 fully saturated rings. The maximum Gasteiger partial charge on any atom is 0.307 e. The van der Waals surface area contributed by atoms with Crippen molar-refractivity contribution in [2.24, 2.45) is 24.3 Å². The lowest BCUT2D eigenvalue weighted by Crippen LogP contribution is -2.20. The van der Waals surface area contributed by atoms with Crippen molar-refractivity contribution in [1.29, 1.82) is 0 Å². The summed E-state index contributed by atoms with van der Waals surface area (Å²) in [6.07, 6.45) is 1.51. The molecule has 0 radical (unpaired) electrons. The minimum absolute atomic E-state index is 0.173. The van der Waals surface area contributed by atoms with Gasteiger partial charge in [0.05, 0.1) is 17.5 Å². The molecule has 1 aromatic heterocycles. The molecule has 1 aliphatic carbocycles. The molecule has 0 bridgehead atoms. The Bertz CT molecular complexity index is 603. The third-order valence-corrected chi connectivity index (χ3v) is 3.73. The fourth-order valence-electron chi connectivity index (χ4n) is 2.48. The van der Waals surface area contributed by atoms with Crippen molar-refractivity contribution >= 4 is 17.6 Å². The van der Waals surface area contributed by atoms with Crippen LogP contribution in [0.1, 0.15) is 13.8 Å². The number of carbonyl (C=O) groups excluding carboxylic acids is 1. The fourth-order valence-corrected chi connectivity index (χ4v) is 2.48. The number of pyridine rings is 1. The standard InChI is InChI=1S/C13H16N2O4/c1-13(2)9(10(13)12(18)19)11(17)14-7-4-5-8(16)15(3)6-7/h4-6,9-10H,1-3H3,(H,14,17)(H,18,19)/t9-,10+/m1/s1. The molecule has 0 saturated heterocycles. The van der Waals surface area contributed by atoms with Gasteiger partial charge in [0.15, 0.2) is 0 Å². The third-order valence-electron chi connectivity index (χ3n) is 3.73. The van der Waals surface area contributed by atoms with Gasteiger partial charge in [-0.15, -0.1) is 0 Å². The van der Waals surface area contributed by atoms with E-state index in [2.05, 4.69) is 5.32 Å². The van der Waals surface area contributed by atoms with Crippen molar-refractivity contribution in [3.63, 3.8) is 0 Å². The second-order valence-corrected chi connectivity index (χ2v) is 5.47. The van der Waals surface area contributed by atoms with E-state index in [1.165, 1.54) is 22.9 Å². The lowest BCUT2D eigenvalue weighted by atomic mass is 10.1. The monoisotopic (exact) mass is 264 g/mol. The van der Waals surface area contributed by atoms with Crippen LogP contribution in [0.4, 0.5) is 5.69 Å². The van der Waals surface area contributed by atoms with Gasteiger partial charge in [-0.05, 0) is 11.5 Å². The fraction of sp³-hybridized carbons (Fsp3) is 0.462. The van der Waals surface area contributed by atoms with Gasteiger partial charge in [0.2, 0.25) is 11.5 Å². The Labute approximate surface area is 110 Å². The van der Waals surface area contributed by atoms with E-state index in [1.54, 1.807) is 20.9 Å². The van der Waals surface area contributed by atoms with E-state index in [0.29, 0.717) is 5.69 Å². The lowest BCUT2D eigenvalue weighted by Gasteiger charge is -2.07. The smallest absolute Gasteiger partial charge is 0.307 e. The number of hydrogen-bond acceptors (Lipinski definition) is 3. The molecule has 6 heteroatoms. The van der Waals surface area contributed by atoms with Gasteiger partial charge in [-0.2, -0.15) is 0 Å². The number of carbonyl (C=O) groups is 2. The average Bonchev–Trinajstić information content (AvgIpc) is 2.87. The molecular formula is C13H16N2O4. The van der Waals surface area contributed by atoms with Gasteiger partial charge in [-0.1, -0.05) is 13.8 Å². The maximum atomic E-state index is 12.0. The van der Waals surface area contributed by atoms with Crippen molar-refractivity contribution in [3.05, 3.63) is 28.7 Å². The number of nitrogens with one attached hydrogen (secondary N) is 1. The number of aliphatic carboxylic acids is 1. The molecule has 102 valence electrons. The second-order valence-electron chi connectivity index (χ2n) is 5.47.